The summed E-state index contributed by atoms with van der Waals surface area (Å²) in [5, 5.41) is 6.02. The Balaban J connectivity index is 1.83. The van der Waals surface area contributed by atoms with E-state index in [2.05, 4.69) is 15.1 Å². The second kappa shape index (κ2) is 6.38. The Morgan fingerprint density at radius 2 is 2.12 bits per heavy atom. The number of H-pyrrole nitrogens is 1. The lowest BCUT2D eigenvalue weighted by Crippen LogP contribution is -2.36. The maximum Gasteiger partial charge on any atom is 0.316 e. The van der Waals surface area contributed by atoms with E-state index < -0.39 is 11.1 Å². The topological polar surface area (TPSA) is 93.8 Å². The molecule has 0 saturated heterocycles. The van der Waals surface area contributed by atoms with E-state index in [1.807, 2.05) is 31.4 Å². The first kappa shape index (κ1) is 16.5. The molecule has 132 valence electrons. The van der Waals surface area contributed by atoms with Gasteiger partial charge in [-0.15, -0.1) is 11.3 Å². The van der Waals surface area contributed by atoms with Crippen LogP contribution < -0.4 is 11.1 Å². The van der Waals surface area contributed by atoms with E-state index in [-0.39, 0.29) is 0 Å². The van der Waals surface area contributed by atoms with Crippen LogP contribution >= 0.6 is 11.3 Å². The molecular formula is C18H16N4O3S. The first-order chi connectivity index (χ1) is 12.6. The number of thiophene rings is 1. The number of fused-ring (bicyclic) bond motifs is 1. The third-order valence-corrected chi connectivity index (χ3v) is 5.17. The predicted molar refractivity (Wildman–Crippen MR) is 100 cm³/mol. The molecule has 0 amide bonds. The van der Waals surface area contributed by atoms with Gasteiger partial charge in [-0.05, 0) is 48.6 Å². The van der Waals surface area contributed by atoms with Gasteiger partial charge >= 0.3 is 11.1 Å². The van der Waals surface area contributed by atoms with Crippen molar-refractivity contribution in [3.63, 3.8) is 0 Å². The summed E-state index contributed by atoms with van der Waals surface area (Å²) in [5.74, 6) is 0.904. The minimum absolute atomic E-state index is 0.434. The van der Waals surface area contributed by atoms with Crippen molar-refractivity contribution in [3.05, 3.63) is 55.9 Å². The Morgan fingerprint density at radius 1 is 1.27 bits per heavy atom. The number of rotatable bonds is 4. The number of aromatic amines is 1. The minimum atomic E-state index is -0.633. The van der Waals surface area contributed by atoms with Crippen molar-refractivity contribution in [1.82, 2.24) is 19.7 Å². The molecule has 0 saturated carbocycles. The fourth-order valence-corrected chi connectivity index (χ4v) is 3.73. The number of aromatic nitrogens is 4. The molecule has 0 spiro atoms. The van der Waals surface area contributed by atoms with Crippen LogP contribution in [0.5, 0.6) is 0 Å². The number of benzene rings is 1. The van der Waals surface area contributed by atoms with E-state index in [1.54, 1.807) is 23.5 Å². The quantitative estimate of drug-likeness (QED) is 0.558. The molecule has 0 radical (unpaired) electrons. The molecule has 0 atom stereocenters. The molecule has 1 N–H and O–H groups in total. The molecule has 1 aromatic carbocycles. The highest BCUT2D eigenvalue weighted by Gasteiger charge is 2.15. The monoisotopic (exact) mass is 368 g/mol. The molecular weight excluding hydrogens is 352 g/mol. The van der Waals surface area contributed by atoms with Crippen molar-refractivity contribution in [2.45, 2.75) is 26.8 Å². The molecule has 7 nitrogen and oxygen atoms in total. The molecule has 0 aliphatic heterocycles. The lowest BCUT2D eigenvalue weighted by atomic mass is 10.1. The van der Waals surface area contributed by atoms with Crippen molar-refractivity contribution in [2.24, 2.45) is 0 Å². The zero-order valence-electron chi connectivity index (χ0n) is 14.3. The Bertz CT molecular complexity index is 1220. The van der Waals surface area contributed by atoms with Crippen LogP contribution in [0.3, 0.4) is 0 Å². The normalized spacial score (nSPS) is 11.3. The smallest absolute Gasteiger partial charge is 0.316 e. The van der Waals surface area contributed by atoms with E-state index in [9.17, 15) is 9.59 Å². The maximum atomic E-state index is 12.1. The zero-order chi connectivity index (χ0) is 18.3. The lowest BCUT2D eigenvalue weighted by molar-refractivity contribution is 0.433. The first-order valence-electron chi connectivity index (χ1n) is 8.24. The summed E-state index contributed by atoms with van der Waals surface area (Å²) in [6.45, 7) is 4.44. The third kappa shape index (κ3) is 2.68. The van der Waals surface area contributed by atoms with Gasteiger partial charge in [-0.2, -0.15) is 4.98 Å². The molecule has 0 bridgehead atoms. The Hall–Kier alpha value is -3.00. The Kier molecular flexibility index (Phi) is 4.04. The van der Waals surface area contributed by atoms with Crippen LogP contribution in [0.4, 0.5) is 0 Å². The third-order valence-electron chi connectivity index (χ3n) is 4.16. The first-order valence-corrected chi connectivity index (χ1v) is 9.12. The fourth-order valence-electron chi connectivity index (χ4n) is 2.89. The van der Waals surface area contributed by atoms with Crippen molar-refractivity contribution >= 4 is 22.4 Å². The number of nitrogens with one attached hydrogen (secondary N) is 1. The summed E-state index contributed by atoms with van der Waals surface area (Å²) in [5.41, 5.74) is 1.86. The standard InChI is InChI=1S/C18H16N4O3S/c1-3-7-22-13-5-4-11(9-12(13)19-16(23)18(22)24)15-20-17(25-21-15)14-10(2)6-8-26-14/h4-6,8-9H,3,7H2,1-2H3,(H,19,23). The highest BCUT2D eigenvalue weighted by Crippen LogP contribution is 2.29. The van der Waals surface area contributed by atoms with Gasteiger partial charge in [0.15, 0.2) is 0 Å². The average Bonchev–Trinajstić information content (AvgIpc) is 3.27. The largest absolute Gasteiger partial charge is 0.333 e. The number of aryl methyl sites for hydroxylation is 2. The van der Waals surface area contributed by atoms with Gasteiger partial charge in [0, 0.05) is 12.1 Å². The van der Waals surface area contributed by atoms with E-state index in [4.69, 9.17) is 4.52 Å². The summed E-state index contributed by atoms with van der Waals surface area (Å²) < 4.78 is 6.88. The van der Waals surface area contributed by atoms with Crippen LogP contribution in [0.2, 0.25) is 0 Å². The molecule has 3 aromatic heterocycles. The Labute approximate surface area is 151 Å². The second-order valence-corrected chi connectivity index (χ2v) is 6.91. The van der Waals surface area contributed by atoms with Gasteiger partial charge in [-0.1, -0.05) is 12.1 Å². The molecule has 0 fully saturated rings. The van der Waals surface area contributed by atoms with Gasteiger partial charge in [0.2, 0.25) is 5.82 Å². The molecule has 8 heteroatoms. The van der Waals surface area contributed by atoms with Crippen LogP contribution in [0.1, 0.15) is 18.9 Å². The number of hydrogen-bond donors (Lipinski definition) is 1. The van der Waals surface area contributed by atoms with Gasteiger partial charge in [-0.25, -0.2) is 0 Å². The second-order valence-electron chi connectivity index (χ2n) is 6.00. The van der Waals surface area contributed by atoms with Crippen LogP contribution in [-0.4, -0.2) is 19.7 Å². The minimum Gasteiger partial charge on any atom is -0.333 e. The molecule has 4 rings (SSSR count). The SMILES string of the molecule is CCCn1c(=O)c(=O)[nH]c2cc(-c3noc(-c4sccc4C)n3)ccc21. The molecule has 0 unspecified atom stereocenters. The molecule has 0 aliphatic carbocycles. The Morgan fingerprint density at radius 3 is 2.85 bits per heavy atom. The lowest BCUT2D eigenvalue weighted by Gasteiger charge is -2.08. The molecule has 26 heavy (non-hydrogen) atoms. The predicted octanol–water partition coefficient (Wildman–Crippen LogP) is 3.19. The zero-order valence-corrected chi connectivity index (χ0v) is 15.1. The van der Waals surface area contributed by atoms with Crippen LogP contribution in [0.15, 0.2) is 43.8 Å². The van der Waals surface area contributed by atoms with Gasteiger partial charge in [-0.3, -0.25) is 9.59 Å². The van der Waals surface area contributed by atoms with Crippen LogP contribution in [-0.2, 0) is 6.54 Å². The average molecular weight is 368 g/mol. The van der Waals surface area contributed by atoms with Gasteiger partial charge in [0.1, 0.15) is 0 Å². The summed E-state index contributed by atoms with van der Waals surface area (Å²) >= 11 is 1.54. The summed E-state index contributed by atoms with van der Waals surface area (Å²) in [6, 6.07) is 7.38. The van der Waals surface area contributed by atoms with Gasteiger partial charge in [0.05, 0.1) is 15.9 Å². The van der Waals surface area contributed by atoms with Crippen molar-refractivity contribution in [1.29, 1.82) is 0 Å². The van der Waals surface area contributed by atoms with E-state index in [1.165, 1.54) is 4.57 Å². The number of nitrogens with zero attached hydrogens (tertiary/aromatic N) is 3. The van der Waals surface area contributed by atoms with Crippen molar-refractivity contribution in [2.75, 3.05) is 0 Å². The summed E-state index contributed by atoms with van der Waals surface area (Å²) in [6.07, 6.45) is 0.759. The van der Waals surface area contributed by atoms with Crippen molar-refractivity contribution < 1.29 is 4.52 Å². The fraction of sp³-hybridized carbons (Fsp3) is 0.222. The highest BCUT2D eigenvalue weighted by molar-refractivity contribution is 7.13. The van der Waals surface area contributed by atoms with E-state index >= 15 is 0 Å². The van der Waals surface area contributed by atoms with Gasteiger partial charge < -0.3 is 14.1 Å². The van der Waals surface area contributed by atoms with Crippen LogP contribution in [0.25, 0.3) is 33.2 Å². The molecule has 3 heterocycles. The summed E-state index contributed by atoms with van der Waals surface area (Å²) in [4.78, 5) is 32.0. The van der Waals surface area contributed by atoms with Crippen molar-refractivity contribution in [3.8, 4) is 22.2 Å². The van der Waals surface area contributed by atoms with Gasteiger partial charge in [0.25, 0.3) is 5.89 Å². The number of hydrogen-bond acceptors (Lipinski definition) is 6. The molecule has 0 aliphatic rings. The van der Waals surface area contributed by atoms with E-state index in [0.29, 0.717) is 34.9 Å². The summed E-state index contributed by atoms with van der Waals surface area (Å²) in [7, 11) is 0. The highest BCUT2D eigenvalue weighted by atomic mass is 32.1. The molecule has 4 aromatic rings. The van der Waals surface area contributed by atoms with E-state index in [0.717, 1.165) is 16.9 Å². The van der Waals surface area contributed by atoms with Crippen LogP contribution in [0, 0.1) is 6.92 Å². The maximum absolute atomic E-state index is 12.1.